The largest absolute Gasteiger partial charge is 0.389 e. The summed E-state index contributed by atoms with van der Waals surface area (Å²) in [6, 6.07) is 0. The lowest BCUT2D eigenvalue weighted by Crippen LogP contribution is -2.50. The molecule has 0 aromatic heterocycles. The maximum Gasteiger partial charge on any atom is 0.219 e. The van der Waals surface area contributed by atoms with Crippen molar-refractivity contribution in [2.24, 2.45) is 0 Å². The van der Waals surface area contributed by atoms with Gasteiger partial charge in [0.1, 0.15) is 0 Å². The molecule has 0 bridgehead atoms. The van der Waals surface area contributed by atoms with Gasteiger partial charge in [-0.1, -0.05) is 13.3 Å². The number of aliphatic hydroxyl groups is 1. The van der Waals surface area contributed by atoms with E-state index in [0.29, 0.717) is 13.2 Å². The van der Waals surface area contributed by atoms with Crippen LogP contribution in [-0.2, 0) is 9.53 Å². The highest BCUT2D eigenvalue weighted by Crippen LogP contribution is 2.03. The summed E-state index contributed by atoms with van der Waals surface area (Å²) in [6.07, 6.45) is 1.73. The summed E-state index contributed by atoms with van der Waals surface area (Å²) in [5.41, 5.74) is 0. The maximum absolute atomic E-state index is 11.2. The standard InChI is InChI=1S/C13H26N2O3/c1-3-4-9-18-11-13(17)10-14-5-7-15(8-6-14)12(2)16/h13,17H,3-11H2,1-2H3/t13-/m1/s1. The first kappa shape index (κ1) is 15.4. The van der Waals surface area contributed by atoms with Crippen molar-refractivity contribution in [1.29, 1.82) is 0 Å². The van der Waals surface area contributed by atoms with Gasteiger partial charge in [0.05, 0.1) is 12.7 Å². The Balaban J connectivity index is 2.10. The van der Waals surface area contributed by atoms with Crippen LogP contribution in [-0.4, -0.2) is 72.9 Å². The predicted molar refractivity (Wildman–Crippen MR) is 70.4 cm³/mol. The van der Waals surface area contributed by atoms with Crippen molar-refractivity contribution in [1.82, 2.24) is 9.80 Å². The minimum Gasteiger partial charge on any atom is -0.389 e. The zero-order valence-corrected chi connectivity index (χ0v) is 11.6. The zero-order chi connectivity index (χ0) is 13.4. The molecule has 5 heteroatoms. The lowest BCUT2D eigenvalue weighted by molar-refractivity contribution is -0.130. The summed E-state index contributed by atoms with van der Waals surface area (Å²) in [5.74, 6) is 0.137. The second-order valence-electron chi connectivity index (χ2n) is 4.89. The number of hydrogen-bond donors (Lipinski definition) is 1. The molecule has 1 aliphatic heterocycles. The molecule has 0 saturated carbocycles. The Kier molecular flexibility index (Phi) is 7.23. The summed E-state index contributed by atoms with van der Waals surface area (Å²) in [4.78, 5) is 15.2. The normalized spacial score (nSPS) is 18.9. The average Bonchev–Trinajstić information content (AvgIpc) is 2.35. The van der Waals surface area contributed by atoms with E-state index in [1.807, 2.05) is 4.90 Å². The van der Waals surface area contributed by atoms with Crippen LogP contribution in [0.2, 0.25) is 0 Å². The molecule has 0 unspecified atom stereocenters. The Morgan fingerprint density at radius 1 is 1.33 bits per heavy atom. The molecule has 1 amide bonds. The molecular weight excluding hydrogens is 232 g/mol. The third-order valence-corrected chi connectivity index (χ3v) is 3.24. The predicted octanol–water partition coefficient (Wildman–Crippen LogP) is 0.328. The smallest absolute Gasteiger partial charge is 0.219 e. The number of hydrogen-bond acceptors (Lipinski definition) is 4. The highest BCUT2D eigenvalue weighted by atomic mass is 16.5. The first-order valence-corrected chi connectivity index (χ1v) is 6.87. The number of carbonyl (C=O) groups excluding carboxylic acids is 1. The van der Waals surface area contributed by atoms with E-state index in [0.717, 1.165) is 45.6 Å². The van der Waals surface area contributed by atoms with Crippen LogP contribution in [0.15, 0.2) is 0 Å². The van der Waals surface area contributed by atoms with Gasteiger partial charge in [0, 0.05) is 46.3 Å². The summed E-state index contributed by atoms with van der Waals surface area (Å²) in [6.45, 7) is 8.70. The van der Waals surface area contributed by atoms with Crippen molar-refractivity contribution >= 4 is 5.91 Å². The van der Waals surface area contributed by atoms with E-state index in [1.54, 1.807) is 6.92 Å². The van der Waals surface area contributed by atoms with Crippen LogP contribution < -0.4 is 0 Å². The molecule has 0 aromatic rings. The molecule has 1 rings (SSSR count). The summed E-state index contributed by atoms with van der Waals surface area (Å²) >= 11 is 0. The van der Waals surface area contributed by atoms with Crippen molar-refractivity contribution in [2.75, 3.05) is 45.9 Å². The molecule has 0 aliphatic carbocycles. The number of piperazine rings is 1. The van der Waals surface area contributed by atoms with E-state index in [4.69, 9.17) is 4.74 Å². The van der Waals surface area contributed by atoms with Gasteiger partial charge in [0.15, 0.2) is 0 Å². The lowest BCUT2D eigenvalue weighted by Gasteiger charge is -2.35. The topological polar surface area (TPSA) is 53.0 Å². The van der Waals surface area contributed by atoms with E-state index in [1.165, 1.54) is 0 Å². The molecule has 0 radical (unpaired) electrons. The second-order valence-corrected chi connectivity index (χ2v) is 4.89. The molecule has 5 nitrogen and oxygen atoms in total. The summed E-state index contributed by atoms with van der Waals surface area (Å²) in [5, 5.41) is 9.83. The number of aliphatic hydroxyl groups excluding tert-OH is 1. The minimum absolute atomic E-state index is 0.137. The van der Waals surface area contributed by atoms with E-state index in [2.05, 4.69) is 11.8 Å². The number of unbranched alkanes of at least 4 members (excludes halogenated alkanes) is 1. The van der Waals surface area contributed by atoms with Gasteiger partial charge >= 0.3 is 0 Å². The molecule has 1 atom stereocenters. The second kappa shape index (κ2) is 8.45. The van der Waals surface area contributed by atoms with Gasteiger partial charge in [0.25, 0.3) is 0 Å². The Morgan fingerprint density at radius 3 is 2.56 bits per heavy atom. The number of nitrogens with zero attached hydrogens (tertiary/aromatic N) is 2. The first-order valence-electron chi connectivity index (χ1n) is 6.87. The molecule has 1 saturated heterocycles. The molecule has 1 fully saturated rings. The fraction of sp³-hybridized carbons (Fsp3) is 0.923. The van der Waals surface area contributed by atoms with Gasteiger partial charge < -0.3 is 14.7 Å². The van der Waals surface area contributed by atoms with Crippen molar-refractivity contribution in [3.8, 4) is 0 Å². The quantitative estimate of drug-likeness (QED) is 0.669. The Bertz CT molecular complexity index is 240. The molecule has 1 heterocycles. The third kappa shape index (κ3) is 5.80. The van der Waals surface area contributed by atoms with Gasteiger partial charge in [-0.3, -0.25) is 9.69 Å². The summed E-state index contributed by atoms with van der Waals surface area (Å²) < 4.78 is 5.40. The van der Waals surface area contributed by atoms with E-state index < -0.39 is 6.10 Å². The van der Waals surface area contributed by atoms with Crippen molar-refractivity contribution in [3.05, 3.63) is 0 Å². The monoisotopic (exact) mass is 258 g/mol. The molecule has 18 heavy (non-hydrogen) atoms. The first-order chi connectivity index (χ1) is 8.63. The Labute approximate surface area is 110 Å². The zero-order valence-electron chi connectivity index (χ0n) is 11.6. The highest BCUT2D eigenvalue weighted by Gasteiger charge is 2.20. The van der Waals surface area contributed by atoms with Gasteiger partial charge in [-0.05, 0) is 6.42 Å². The Hall–Kier alpha value is -0.650. The van der Waals surface area contributed by atoms with E-state index >= 15 is 0 Å². The molecular formula is C13H26N2O3. The van der Waals surface area contributed by atoms with E-state index in [-0.39, 0.29) is 5.91 Å². The SMILES string of the molecule is CCCCOC[C@H](O)CN1CCN(C(C)=O)CC1. The minimum atomic E-state index is -0.425. The van der Waals surface area contributed by atoms with Crippen LogP contribution in [0.25, 0.3) is 0 Å². The number of carbonyl (C=O) groups is 1. The van der Waals surface area contributed by atoms with Crippen molar-refractivity contribution < 1.29 is 14.6 Å². The van der Waals surface area contributed by atoms with Crippen LogP contribution in [0.5, 0.6) is 0 Å². The number of amides is 1. The fourth-order valence-corrected chi connectivity index (χ4v) is 2.06. The molecule has 0 aromatic carbocycles. The van der Waals surface area contributed by atoms with Gasteiger partial charge in [0.2, 0.25) is 5.91 Å². The van der Waals surface area contributed by atoms with Crippen LogP contribution in [0.1, 0.15) is 26.7 Å². The number of rotatable bonds is 7. The van der Waals surface area contributed by atoms with Gasteiger partial charge in [-0.25, -0.2) is 0 Å². The lowest BCUT2D eigenvalue weighted by atomic mass is 10.2. The van der Waals surface area contributed by atoms with Crippen molar-refractivity contribution in [3.63, 3.8) is 0 Å². The highest BCUT2D eigenvalue weighted by molar-refractivity contribution is 5.73. The van der Waals surface area contributed by atoms with Crippen LogP contribution in [0, 0.1) is 0 Å². The molecule has 0 spiro atoms. The van der Waals surface area contributed by atoms with Crippen LogP contribution >= 0.6 is 0 Å². The summed E-state index contributed by atoms with van der Waals surface area (Å²) in [7, 11) is 0. The Morgan fingerprint density at radius 2 is 2.00 bits per heavy atom. The molecule has 1 aliphatic rings. The van der Waals surface area contributed by atoms with Crippen LogP contribution in [0.4, 0.5) is 0 Å². The third-order valence-electron chi connectivity index (χ3n) is 3.24. The van der Waals surface area contributed by atoms with Gasteiger partial charge in [-0.15, -0.1) is 0 Å². The molecule has 106 valence electrons. The number of β-amino-alcohol motifs (C(OH)–C–C–N with tert-alkyl or cyclic N) is 1. The molecule has 1 N–H and O–H groups in total. The number of ether oxygens (including phenoxy) is 1. The van der Waals surface area contributed by atoms with Crippen molar-refractivity contribution in [2.45, 2.75) is 32.8 Å². The van der Waals surface area contributed by atoms with E-state index in [9.17, 15) is 9.90 Å². The van der Waals surface area contributed by atoms with Gasteiger partial charge in [-0.2, -0.15) is 0 Å². The maximum atomic E-state index is 11.2. The fourth-order valence-electron chi connectivity index (χ4n) is 2.06. The van der Waals surface area contributed by atoms with Crippen LogP contribution in [0.3, 0.4) is 0 Å². The average molecular weight is 258 g/mol.